The second-order valence-electron chi connectivity index (χ2n) is 20.1. The van der Waals surface area contributed by atoms with Gasteiger partial charge in [-0.25, -0.2) is 35.7 Å². The Morgan fingerprint density at radius 3 is 0.590 bits per heavy atom. The lowest BCUT2D eigenvalue weighted by Gasteiger charge is -2.38. The van der Waals surface area contributed by atoms with Crippen molar-refractivity contribution in [3.8, 4) is 0 Å². The first-order chi connectivity index (χ1) is 28.1. The molecule has 0 radical (unpaired) electrons. The second kappa shape index (κ2) is 20.0. The summed E-state index contributed by atoms with van der Waals surface area (Å²) in [5, 5.41) is 0. The van der Waals surface area contributed by atoms with E-state index in [9.17, 15) is 16.8 Å². The molecule has 4 aromatic rings. The third-order valence-electron chi connectivity index (χ3n) is 10.7. The van der Waals surface area contributed by atoms with Crippen LogP contribution in [0, 0.1) is 0 Å². The molecule has 0 saturated heterocycles. The van der Waals surface area contributed by atoms with Gasteiger partial charge in [0.15, 0.2) is 0 Å². The molecule has 4 unspecified atom stereocenters. The van der Waals surface area contributed by atoms with Crippen LogP contribution >= 0.6 is 0 Å². The molecule has 0 amide bonds. The molecule has 0 fully saturated rings. The summed E-state index contributed by atoms with van der Waals surface area (Å²) in [5.41, 5.74) is 7.38. The highest BCUT2D eigenvalue weighted by atomic mass is 32.2. The van der Waals surface area contributed by atoms with Gasteiger partial charge in [-0.3, -0.25) is 0 Å². The smallest absolute Gasteiger partial charge is 0.0975 e. The maximum absolute atomic E-state index is 13.1. The van der Waals surface area contributed by atoms with Crippen LogP contribution in [0.2, 0.25) is 0 Å². The van der Waals surface area contributed by atoms with E-state index in [0.29, 0.717) is 0 Å². The van der Waals surface area contributed by atoms with E-state index < -0.39 is 68.3 Å². The molecule has 0 bridgehead atoms. The highest BCUT2D eigenvalue weighted by Crippen LogP contribution is 2.46. The first kappa shape index (κ1) is 51.0. The van der Waals surface area contributed by atoms with Gasteiger partial charge < -0.3 is 0 Å². The summed E-state index contributed by atoms with van der Waals surface area (Å²) >= 11 is 0. The zero-order valence-corrected chi connectivity index (χ0v) is 42.6. The van der Waals surface area contributed by atoms with Crippen LogP contribution in [0.25, 0.3) is 0 Å². The Hall–Kier alpha value is -2.68. The SMILES string of the molecule is C[C@@H](NS(=O)C(C)(C)C)c1ccc(C(c2ccc([C@@H](C)NS(=O)C(C)(C)C)cc2)(c2ccc([C@@H](C)NS(=O)C(C)(C)C)cc2)c2ccc([C@@H](C)NS(=O)C(C)(C)C)cc2)cc1. The minimum absolute atomic E-state index is 0.158. The summed E-state index contributed by atoms with van der Waals surface area (Å²) in [6, 6.07) is 33.7. The average molecular weight is 909 g/mol. The molecule has 336 valence electrons. The Morgan fingerprint density at radius 1 is 0.311 bits per heavy atom. The monoisotopic (exact) mass is 908 g/mol. The van der Waals surface area contributed by atoms with E-state index in [-0.39, 0.29) is 24.2 Å². The number of hydrogen-bond acceptors (Lipinski definition) is 4. The zero-order chi connectivity index (χ0) is 45.9. The molecule has 61 heavy (non-hydrogen) atoms. The van der Waals surface area contributed by atoms with E-state index >= 15 is 0 Å². The summed E-state index contributed by atoms with van der Waals surface area (Å²) in [4.78, 5) is 0. The van der Waals surface area contributed by atoms with E-state index in [0.717, 1.165) is 44.5 Å². The van der Waals surface area contributed by atoms with Gasteiger partial charge in [0.25, 0.3) is 0 Å². The molecule has 4 N–H and O–H groups in total. The molecular weight excluding hydrogens is 837 g/mol. The zero-order valence-electron chi connectivity index (χ0n) is 39.3. The molecule has 0 heterocycles. The molecule has 0 spiro atoms. The predicted molar refractivity (Wildman–Crippen MR) is 263 cm³/mol. The van der Waals surface area contributed by atoms with E-state index in [1.165, 1.54) is 0 Å². The minimum Gasteiger partial charge on any atom is -0.242 e. The van der Waals surface area contributed by atoms with Gasteiger partial charge >= 0.3 is 0 Å². The van der Waals surface area contributed by atoms with Gasteiger partial charge in [0.2, 0.25) is 0 Å². The Kier molecular flexibility index (Phi) is 16.7. The van der Waals surface area contributed by atoms with Crippen LogP contribution in [0.5, 0.6) is 0 Å². The lowest BCUT2D eigenvalue weighted by Crippen LogP contribution is -2.35. The molecule has 0 aliphatic heterocycles. The van der Waals surface area contributed by atoms with Gasteiger partial charge in [0.1, 0.15) is 0 Å². The Labute approximate surface area is 378 Å². The van der Waals surface area contributed by atoms with Crippen molar-refractivity contribution in [2.45, 2.75) is 159 Å². The van der Waals surface area contributed by atoms with Gasteiger partial charge in [-0.15, -0.1) is 0 Å². The summed E-state index contributed by atoms with van der Waals surface area (Å²) in [6.07, 6.45) is 0. The van der Waals surface area contributed by atoms with Crippen LogP contribution < -0.4 is 18.9 Å². The summed E-state index contributed by atoms with van der Waals surface area (Å²) < 4.78 is 64.0. The van der Waals surface area contributed by atoms with Gasteiger partial charge in [-0.1, -0.05) is 97.1 Å². The van der Waals surface area contributed by atoms with Crippen molar-refractivity contribution >= 4 is 43.9 Å². The fourth-order valence-corrected chi connectivity index (χ4v) is 9.95. The van der Waals surface area contributed by atoms with E-state index in [1.54, 1.807) is 0 Å². The van der Waals surface area contributed by atoms with E-state index in [1.807, 2.05) is 111 Å². The molecule has 4 rings (SSSR count). The van der Waals surface area contributed by atoms with Crippen LogP contribution in [0.4, 0.5) is 0 Å². The first-order valence-electron chi connectivity index (χ1n) is 21.2. The Morgan fingerprint density at radius 2 is 0.459 bits per heavy atom. The maximum Gasteiger partial charge on any atom is 0.0975 e. The van der Waals surface area contributed by atoms with Crippen molar-refractivity contribution in [1.29, 1.82) is 0 Å². The number of rotatable bonds is 16. The third kappa shape index (κ3) is 12.7. The molecule has 8 nitrogen and oxygen atoms in total. The molecule has 0 aliphatic rings. The number of benzene rings is 4. The van der Waals surface area contributed by atoms with Crippen LogP contribution in [0.3, 0.4) is 0 Å². The second-order valence-corrected chi connectivity index (χ2v) is 28.1. The van der Waals surface area contributed by atoms with Gasteiger partial charge in [0, 0.05) is 24.2 Å². The molecule has 0 aliphatic carbocycles. The van der Waals surface area contributed by atoms with Crippen LogP contribution in [-0.2, 0) is 49.4 Å². The lowest BCUT2D eigenvalue weighted by molar-refractivity contribution is 0.616. The quantitative estimate of drug-likeness (QED) is 0.0838. The lowest BCUT2D eigenvalue weighted by atomic mass is 9.64. The third-order valence-corrected chi connectivity index (χ3v) is 17.5. The predicted octanol–water partition coefficient (Wildman–Crippen LogP) is 10.5. The summed E-state index contributed by atoms with van der Waals surface area (Å²) in [7, 11) is -4.99. The van der Waals surface area contributed by atoms with Crippen LogP contribution in [-0.4, -0.2) is 35.8 Å². The van der Waals surface area contributed by atoms with Crippen LogP contribution in [0.1, 0.15) is 179 Å². The maximum atomic E-state index is 13.1. The Bertz CT molecular complexity index is 1850. The average Bonchev–Trinajstić information content (AvgIpc) is 3.17. The van der Waals surface area contributed by atoms with E-state index in [4.69, 9.17) is 0 Å². The first-order valence-corrected chi connectivity index (χ1v) is 25.8. The minimum atomic E-state index is -1.25. The van der Waals surface area contributed by atoms with Crippen LogP contribution in [0.15, 0.2) is 97.1 Å². The fourth-order valence-electron chi connectivity index (χ4n) is 6.71. The fraction of sp³-hybridized carbons (Fsp3) is 0.510. The van der Waals surface area contributed by atoms with Crippen molar-refractivity contribution in [3.05, 3.63) is 142 Å². The van der Waals surface area contributed by atoms with Gasteiger partial charge in [0.05, 0.1) is 68.3 Å². The molecule has 0 aromatic heterocycles. The Balaban J connectivity index is 1.97. The van der Waals surface area contributed by atoms with Gasteiger partial charge in [-0.05, 0) is 155 Å². The van der Waals surface area contributed by atoms with Crippen molar-refractivity contribution in [2.24, 2.45) is 0 Å². The highest BCUT2D eigenvalue weighted by molar-refractivity contribution is 7.85. The largest absolute Gasteiger partial charge is 0.242 e. The molecule has 8 atom stereocenters. The van der Waals surface area contributed by atoms with Gasteiger partial charge in [-0.2, -0.15) is 0 Å². The van der Waals surface area contributed by atoms with E-state index in [2.05, 4.69) is 116 Å². The molecule has 4 aromatic carbocycles. The number of hydrogen-bond donors (Lipinski definition) is 4. The number of nitrogens with one attached hydrogen (secondary N) is 4. The molecular formula is C49H72N4O4S4. The molecule has 0 saturated carbocycles. The van der Waals surface area contributed by atoms with Crippen molar-refractivity contribution in [3.63, 3.8) is 0 Å². The summed E-state index contributed by atoms with van der Waals surface area (Å²) in [6.45, 7) is 31.7. The van der Waals surface area contributed by atoms with Crippen molar-refractivity contribution < 1.29 is 16.8 Å². The highest BCUT2D eigenvalue weighted by Gasteiger charge is 2.39. The topological polar surface area (TPSA) is 116 Å². The normalized spacial score (nSPS) is 18.0. The standard InChI is InChI=1S/C49H72N4O4S4/c1-33(50-58(54)45(5,6)7)37-17-25-41(26-18-37)49(42-27-19-38(20-28-42)34(2)51-59(55)46(8,9)10,43-29-21-39(22-30-43)35(3)52-60(56)47(11,12)13)44-31-23-40(24-32-44)36(4)53-61(57)48(14,15)16/h17-36,50-53H,1-16H3/t33-,34-,35-,36-,49?,58?,59?,60?,61?/m1/s1. The molecule has 12 heteroatoms. The van der Waals surface area contributed by atoms with Crippen molar-refractivity contribution in [2.75, 3.05) is 0 Å². The van der Waals surface area contributed by atoms with Crippen molar-refractivity contribution in [1.82, 2.24) is 18.9 Å². The summed E-state index contributed by atoms with van der Waals surface area (Å²) in [5.74, 6) is 0.